The lowest BCUT2D eigenvalue weighted by molar-refractivity contribution is -0.123. The summed E-state index contributed by atoms with van der Waals surface area (Å²) in [5, 5.41) is 9.78. The number of carbonyl (C=O) groups is 1. The zero-order chi connectivity index (χ0) is 14.9. The Morgan fingerprint density at radius 1 is 1.19 bits per heavy atom. The summed E-state index contributed by atoms with van der Waals surface area (Å²) in [6.45, 7) is 0. The van der Waals surface area contributed by atoms with Gasteiger partial charge in [0.15, 0.2) is 5.41 Å². The SMILES string of the molecule is N#C[C@]1(C(N)=O)C(c2ccccc2)=CC2=CC=CC=C[C@H]21. The predicted octanol–water partition coefficient (Wildman–Crippen LogP) is 2.75. The van der Waals surface area contributed by atoms with Crippen molar-refractivity contribution in [2.45, 2.75) is 0 Å². The van der Waals surface area contributed by atoms with Crippen LogP contribution in [0, 0.1) is 22.7 Å². The van der Waals surface area contributed by atoms with Crippen molar-refractivity contribution in [2.75, 3.05) is 0 Å². The third-order valence-corrected chi connectivity index (χ3v) is 4.03. The fourth-order valence-electron chi connectivity index (χ4n) is 3.00. The first-order valence-corrected chi connectivity index (χ1v) is 6.74. The van der Waals surface area contributed by atoms with E-state index >= 15 is 0 Å². The number of primary amides is 1. The molecule has 2 aliphatic carbocycles. The first kappa shape index (κ1) is 13.1. The van der Waals surface area contributed by atoms with Crippen LogP contribution < -0.4 is 5.73 Å². The van der Waals surface area contributed by atoms with Crippen LogP contribution >= 0.6 is 0 Å². The summed E-state index contributed by atoms with van der Waals surface area (Å²) < 4.78 is 0. The van der Waals surface area contributed by atoms with Crippen molar-refractivity contribution in [3.8, 4) is 6.07 Å². The van der Waals surface area contributed by atoms with Crippen molar-refractivity contribution in [1.82, 2.24) is 0 Å². The number of nitrogens with two attached hydrogens (primary N) is 1. The molecule has 0 radical (unpaired) electrons. The molecule has 3 nitrogen and oxygen atoms in total. The summed E-state index contributed by atoms with van der Waals surface area (Å²) in [5.41, 5.74) is 6.75. The number of nitrogens with zero attached hydrogens (tertiary/aromatic N) is 1. The van der Waals surface area contributed by atoms with Gasteiger partial charge in [-0.3, -0.25) is 4.79 Å². The molecule has 3 heteroatoms. The number of benzene rings is 1. The van der Waals surface area contributed by atoms with Gasteiger partial charge in [0.2, 0.25) is 5.91 Å². The molecule has 3 rings (SSSR count). The second kappa shape index (κ2) is 4.92. The van der Waals surface area contributed by atoms with Gasteiger partial charge < -0.3 is 5.73 Å². The predicted molar refractivity (Wildman–Crippen MR) is 81.5 cm³/mol. The molecule has 102 valence electrons. The minimum atomic E-state index is -1.35. The van der Waals surface area contributed by atoms with E-state index in [-0.39, 0.29) is 5.92 Å². The van der Waals surface area contributed by atoms with Gasteiger partial charge in [-0.15, -0.1) is 0 Å². The van der Waals surface area contributed by atoms with E-state index < -0.39 is 11.3 Å². The standard InChI is InChI=1S/C18H14N2O/c19-12-18(17(20)21)15-10-6-2-5-9-14(15)11-16(18)13-7-3-1-4-8-13/h1-11,15H,(H2,20,21)/t15-,18-/m1/s1. The number of rotatable bonds is 2. The van der Waals surface area contributed by atoms with Crippen LogP contribution in [0.2, 0.25) is 0 Å². The van der Waals surface area contributed by atoms with Gasteiger partial charge in [-0.05, 0) is 16.7 Å². The van der Waals surface area contributed by atoms with E-state index in [1.165, 1.54) is 0 Å². The maximum Gasteiger partial charge on any atom is 0.243 e. The van der Waals surface area contributed by atoms with Crippen molar-refractivity contribution >= 4 is 11.5 Å². The Labute approximate surface area is 123 Å². The van der Waals surface area contributed by atoms with E-state index in [0.29, 0.717) is 5.57 Å². The summed E-state index contributed by atoms with van der Waals surface area (Å²) in [6.07, 6.45) is 11.3. The van der Waals surface area contributed by atoms with Crippen LogP contribution in [0.4, 0.5) is 0 Å². The molecule has 1 aromatic carbocycles. The number of nitriles is 1. The van der Waals surface area contributed by atoms with Gasteiger partial charge in [-0.1, -0.05) is 66.8 Å². The van der Waals surface area contributed by atoms with E-state index in [2.05, 4.69) is 6.07 Å². The van der Waals surface area contributed by atoms with Crippen LogP contribution in [-0.4, -0.2) is 5.91 Å². The van der Waals surface area contributed by atoms with E-state index in [1.54, 1.807) is 0 Å². The van der Waals surface area contributed by atoms with Crippen LogP contribution in [0.1, 0.15) is 5.56 Å². The highest BCUT2D eigenvalue weighted by molar-refractivity contribution is 6.02. The van der Waals surface area contributed by atoms with Crippen LogP contribution in [0.15, 0.2) is 72.4 Å². The molecule has 0 saturated carbocycles. The van der Waals surface area contributed by atoms with E-state index in [4.69, 9.17) is 5.73 Å². The van der Waals surface area contributed by atoms with Crippen molar-refractivity contribution in [3.63, 3.8) is 0 Å². The second-order valence-corrected chi connectivity index (χ2v) is 5.12. The molecule has 2 atom stereocenters. The minimum Gasteiger partial charge on any atom is -0.368 e. The van der Waals surface area contributed by atoms with Crippen molar-refractivity contribution in [3.05, 3.63) is 77.9 Å². The Bertz CT molecular complexity index is 747. The molecule has 0 heterocycles. The molecule has 1 amide bonds. The number of fused-ring (bicyclic) bond motifs is 1. The van der Waals surface area contributed by atoms with E-state index in [0.717, 1.165) is 11.1 Å². The Hall–Kier alpha value is -2.86. The third kappa shape index (κ3) is 1.85. The monoisotopic (exact) mass is 274 g/mol. The molecule has 2 N–H and O–H groups in total. The van der Waals surface area contributed by atoms with Crippen LogP contribution in [-0.2, 0) is 4.79 Å². The molecule has 0 bridgehead atoms. The molecular weight excluding hydrogens is 260 g/mol. The number of carbonyl (C=O) groups excluding carboxylic acids is 1. The number of hydrogen-bond acceptors (Lipinski definition) is 2. The topological polar surface area (TPSA) is 66.9 Å². The zero-order valence-corrected chi connectivity index (χ0v) is 11.4. The highest BCUT2D eigenvalue weighted by Crippen LogP contribution is 2.51. The smallest absolute Gasteiger partial charge is 0.243 e. The molecule has 0 aliphatic heterocycles. The van der Waals surface area contributed by atoms with Gasteiger partial charge in [0.25, 0.3) is 0 Å². The Morgan fingerprint density at radius 2 is 1.95 bits per heavy atom. The molecule has 0 saturated heterocycles. The molecule has 1 aromatic rings. The number of hydrogen-bond donors (Lipinski definition) is 1. The van der Waals surface area contributed by atoms with Gasteiger partial charge in [0.1, 0.15) is 0 Å². The highest BCUT2D eigenvalue weighted by atomic mass is 16.1. The lowest BCUT2D eigenvalue weighted by atomic mass is 9.71. The van der Waals surface area contributed by atoms with Crippen molar-refractivity contribution < 1.29 is 4.79 Å². The Kier molecular flexibility index (Phi) is 3.08. The van der Waals surface area contributed by atoms with Gasteiger partial charge in [0.05, 0.1) is 6.07 Å². The molecule has 21 heavy (non-hydrogen) atoms. The van der Waals surface area contributed by atoms with Gasteiger partial charge >= 0.3 is 0 Å². The van der Waals surface area contributed by atoms with Crippen LogP contribution in [0.5, 0.6) is 0 Å². The molecule has 0 unspecified atom stereocenters. The van der Waals surface area contributed by atoms with E-state index in [1.807, 2.05) is 66.8 Å². The second-order valence-electron chi connectivity index (χ2n) is 5.12. The first-order chi connectivity index (χ1) is 10.2. The summed E-state index contributed by atoms with van der Waals surface area (Å²) in [4.78, 5) is 12.2. The van der Waals surface area contributed by atoms with Crippen LogP contribution in [0.25, 0.3) is 5.57 Å². The van der Waals surface area contributed by atoms with E-state index in [9.17, 15) is 10.1 Å². The third-order valence-electron chi connectivity index (χ3n) is 4.03. The fourth-order valence-corrected chi connectivity index (χ4v) is 3.00. The first-order valence-electron chi connectivity index (χ1n) is 6.74. The van der Waals surface area contributed by atoms with Gasteiger partial charge in [0, 0.05) is 5.92 Å². The Balaban J connectivity index is 2.26. The summed E-state index contributed by atoms with van der Waals surface area (Å²) in [5.74, 6) is -0.953. The lowest BCUT2D eigenvalue weighted by Gasteiger charge is -2.27. The summed E-state index contributed by atoms with van der Waals surface area (Å²) >= 11 is 0. The van der Waals surface area contributed by atoms with Crippen LogP contribution in [0.3, 0.4) is 0 Å². The van der Waals surface area contributed by atoms with Crippen molar-refractivity contribution in [2.24, 2.45) is 17.1 Å². The largest absolute Gasteiger partial charge is 0.368 e. The lowest BCUT2D eigenvalue weighted by Crippen LogP contribution is -2.40. The molecule has 0 fully saturated rings. The van der Waals surface area contributed by atoms with Gasteiger partial charge in [-0.2, -0.15) is 5.26 Å². The Morgan fingerprint density at radius 3 is 2.62 bits per heavy atom. The highest BCUT2D eigenvalue weighted by Gasteiger charge is 2.52. The summed E-state index contributed by atoms with van der Waals surface area (Å²) in [6, 6.07) is 11.7. The maximum absolute atomic E-state index is 12.2. The quantitative estimate of drug-likeness (QED) is 0.901. The average molecular weight is 274 g/mol. The number of amides is 1. The van der Waals surface area contributed by atoms with Gasteiger partial charge in [-0.25, -0.2) is 0 Å². The normalized spacial score (nSPS) is 26.3. The maximum atomic E-state index is 12.2. The average Bonchev–Trinajstić information content (AvgIpc) is 2.65. The molecule has 0 spiro atoms. The molecular formula is C18H14N2O. The van der Waals surface area contributed by atoms with Crippen molar-refractivity contribution in [1.29, 1.82) is 5.26 Å². The number of allylic oxidation sites excluding steroid dienone is 7. The molecule has 2 aliphatic rings. The molecule has 0 aromatic heterocycles. The fraction of sp³-hybridized carbons (Fsp3) is 0.111. The minimum absolute atomic E-state index is 0.342. The zero-order valence-electron chi connectivity index (χ0n) is 11.4. The summed E-state index contributed by atoms with van der Waals surface area (Å²) in [7, 11) is 0.